The molecular weight excluding hydrogens is 346 g/mol. The number of ether oxygens (including phenoxy) is 1. The first-order valence-electron chi connectivity index (χ1n) is 8.37. The number of pyridine rings is 1. The van der Waals surface area contributed by atoms with Gasteiger partial charge in [0.15, 0.2) is 0 Å². The van der Waals surface area contributed by atoms with Crippen molar-refractivity contribution in [3.05, 3.63) is 75.0 Å². The first-order valence-corrected chi connectivity index (χ1v) is 9.18. The summed E-state index contributed by atoms with van der Waals surface area (Å²) in [4.78, 5) is 21.7. The van der Waals surface area contributed by atoms with Crippen molar-refractivity contribution in [1.29, 1.82) is 0 Å². The van der Waals surface area contributed by atoms with Gasteiger partial charge in [0.1, 0.15) is 22.2 Å². The van der Waals surface area contributed by atoms with Gasteiger partial charge in [-0.3, -0.25) is 9.78 Å². The molecule has 0 atom stereocenters. The van der Waals surface area contributed by atoms with Crippen LogP contribution in [0.2, 0.25) is 0 Å². The summed E-state index contributed by atoms with van der Waals surface area (Å²) in [6.07, 6.45) is 1.69. The lowest BCUT2D eigenvalue weighted by Gasteiger charge is -2.05. The van der Waals surface area contributed by atoms with E-state index in [0.717, 1.165) is 22.0 Å². The molecule has 0 bridgehead atoms. The summed E-state index contributed by atoms with van der Waals surface area (Å²) in [6.45, 7) is 6.62. The molecule has 0 aliphatic rings. The Labute approximate surface area is 157 Å². The third-order valence-electron chi connectivity index (χ3n) is 3.83. The molecule has 0 saturated heterocycles. The van der Waals surface area contributed by atoms with E-state index in [-0.39, 0.29) is 5.91 Å². The van der Waals surface area contributed by atoms with Crippen LogP contribution < -0.4 is 10.1 Å². The van der Waals surface area contributed by atoms with Crippen molar-refractivity contribution < 1.29 is 9.53 Å². The Balaban J connectivity index is 1.59. The number of nitrogens with one attached hydrogen (secondary N) is 1. The third kappa shape index (κ3) is 4.67. The van der Waals surface area contributed by atoms with Crippen molar-refractivity contribution in [3.63, 3.8) is 0 Å². The lowest BCUT2D eigenvalue weighted by atomic mass is 10.1. The van der Waals surface area contributed by atoms with Crippen LogP contribution in [0.1, 0.15) is 37.2 Å². The van der Waals surface area contributed by atoms with Gasteiger partial charge in [0.05, 0.1) is 11.9 Å². The fraction of sp³-hybridized carbons (Fsp3) is 0.250. The summed E-state index contributed by atoms with van der Waals surface area (Å²) in [6, 6.07) is 11.9. The standard InChI is InChI=1S/C20H21N3O2S/c1-13-5-4-6-16(9-13)10-22-20(24)19-15(3)23-18(26-19)12-25-17-8-7-14(2)21-11-17/h4-9,11H,10,12H2,1-3H3,(H,22,24). The molecule has 0 fully saturated rings. The summed E-state index contributed by atoms with van der Waals surface area (Å²) in [5.41, 5.74) is 3.92. The minimum absolute atomic E-state index is 0.107. The van der Waals surface area contributed by atoms with Gasteiger partial charge >= 0.3 is 0 Å². The topological polar surface area (TPSA) is 64.1 Å². The quantitative estimate of drug-likeness (QED) is 0.716. The lowest BCUT2D eigenvalue weighted by Crippen LogP contribution is -2.22. The summed E-state index contributed by atoms with van der Waals surface area (Å²) in [5.74, 6) is 0.582. The monoisotopic (exact) mass is 367 g/mol. The van der Waals surface area contributed by atoms with Crippen molar-refractivity contribution in [3.8, 4) is 5.75 Å². The summed E-state index contributed by atoms with van der Waals surface area (Å²) >= 11 is 1.36. The number of nitrogens with zero attached hydrogens (tertiary/aromatic N) is 2. The zero-order valence-electron chi connectivity index (χ0n) is 15.1. The van der Waals surface area contributed by atoms with Gasteiger partial charge in [0.25, 0.3) is 5.91 Å². The normalized spacial score (nSPS) is 10.6. The van der Waals surface area contributed by atoms with Gasteiger partial charge in [0.2, 0.25) is 0 Å². The van der Waals surface area contributed by atoms with Crippen LogP contribution in [-0.2, 0) is 13.2 Å². The number of amides is 1. The molecule has 0 aliphatic heterocycles. The Bertz CT molecular complexity index is 904. The molecule has 0 radical (unpaired) electrons. The average molecular weight is 367 g/mol. The van der Waals surface area contributed by atoms with Gasteiger partial charge in [-0.05, 0) is 38.5 Å². The second kappa shape index (κ2) is 8.10. The molecule has 1 N–H and O–H groups in total. The number of thiazole rings is 1. The number of hydrogen-bond donors (Lipinski definition) is 1. The van der Waals surface area contributed by atoms with Gasteiger partial charge in [-0.1, -0.05) is 29.8 Å². The van der Waals surface area contributed by atoms with E-state index in [1.807, 2.05) is 51.1 Å². The van der Waals surface area contributed by atoms with E-state index in [4.69, 9.17) is 4.74 Å². The predicted molar refractivity (Wildman–Crippen MR) is 103 cm³/mol. The second-order valence-corrected chi connectivity index (χ2v) is 7.20. The van der Waals surface area contributed by atoms with Crippen LogP contribution in [0.15, 0.2) is 42.6 Å². The van der Waals surface area contributed by atoms with Gasteiger partial charge in [-0.25, -0.2) is 4.98 Å². The van der Waals surface area contributed by atoms with Crippen molar-refractivity contribution in [2.45, 2.75) is 33.9 Å². The number of hydrogen-bond acceptors (Lipinski definition) is 5. The number of carbonyl (C=O) groups excluding carboxylic acids is 1. The zero-order valence-corrected chi connectivity index (χ0v) is 15.9. The van der Waals surface area contributed by atoms with E-state index < -0.39 is 0 Å². The molecule has 5 nitrogen and oxygen atoms in total. The minimum atomic E-state index is -0.107. The van der Waals surface area contributed by atoms with Crippen molar-refractivity contribution in [2.24, 2.45) is 0 Å². The van der Waals surface area contributed by atoms with E-state index in [1.54, 1.807) is 6.20 Å². The van der Waals surface area contributed by atoms with Crippen LogP contribution in [0, 0.1) is 20.8 Å². The van der Waals surface area contributed by atoms with Crippen LogP contribution in [0.4, 0.5) is 0 Å². The van der Waals surface area contributed by atoms with E-state index >= 15 is 0 Å². The zero-order chi connectivity index (χ0) is 18.5. The van der Waals surface area contributed by atoms with Crippen molar-refractivity contribution in [2.75, 3.05) is 0 Å². The van der Waals surface area contributed by atoms with Crippen molar-refractivity contribution >= 4 is 17.2 Å². The Morgan fingerprint density at radius 3 is 2.77 bits per heavy atom. The maximum atomic E-state index is 12.5. The largest absolute Gasteiger partial charge is 0.485 e. The van der Waals surface area contributed by atoms with Crippen LogP contribution in [-0.4, -0.2) is 15.9 Å². The second-order valence-electron chi connectivity index (χ2n) is 6.12. The molecule has 3 rings (SSSR count). The molecule has 26 heavy (non-hydrogen) atoms. The van der Waals surface area contributed by atoms with Gasteiger partial charge in [-0.15, -0.1) is 11.3 Å². The fourth-order valence-electron chi connectivity index (χ4n) is 2.49. The molecular formula is C20H21N3O2S. The Morgan fingerprint density at radius 1 is 1.19 bits per heavy atom. The smallest absolute Gasteiger partial charge is 0.263 e. The number of carbonyl (C=O) groups is 1. The fourth-order valence-corrected chi connectivity index (χ4v) is 3.39. The lowest BCUT2D eigenvalue weighted by molar-refractivity contribution is 0.0954. The van der Waals surface area contributed by atoms with Gasteiger partial charge in [-0.2, -0.15) is 0 Å². The van der Waals surface area contributed by atoms with E-state index in [0.29, 0.717) is 23.8 Å². The molecule has 0 aliphatic carbocycles. The molecule has 1 amide bonds. The van der Waals surface area contributed by atoms with Crippen LogP contribution in [0.3, 0.4) is 0 Å². The summed E-state index contributed by atoms with van der Waals surface area (Å²) < 4.78 is 5.69. The Hall–Kier alpha value is -2.73. The highest BCUT2D eigenvalue weighted by atomic mass is 32.1. The highest BCUT2D eigenvalue weighted by molar-refractivity contribution is 7.13. The first kappa shape index (κ1) is 18.1. The van der Waals surface area contributed by atoms with Gasteiger partial charge in [0, 0.05) is 12.2 Å². The molecule has 0 spiro atoms. The summed E-state index contributed by atoms with van der Waals surface area (Å²) in [7, 11) is 0. The highest BCUT2D eigenvalue weighted by Crippen LogP contribution is 2.20. The van der Waals surface area contributed by atoms with Crippen LogP contribution in [0.25, 0.3) is 0 Å². The molecule has 1 aromatic carbocycles. The van der Waals surface area contributed by atoms with Crippen molar-refractivity contribution in [1.82, 2.24) is 15.3 Å². The van der Waals surface area contributed by atoms with E-state index in [1.165, 1.54) is 16.9 Å². The SMILES string of the molecule is Cc1cccc(CNC(=O)c2sc(COc3ccc(C)nc3)nc2C)c1. The highest BCUT2D eigenvalue weighted by Gasteiger charge is 2.15. The first-order chi connectivity index (χ1) is 12.5. The predicted octanol–water partition coefficient (Wildman–Crippen LogP) is 3.97. The number of aromatic nitrogens is 2. The molecule has 3 aromatic rings. The Morgan fingerprint density at radius 2 is 2.04 bits per heavy atom. The van der Waals surface area contributed by atoms with Gasteiger partial charge < -0.3 is 10.1 Å². The third-order valence-corrected chi connectivity index (χ3v) is 4.96. The Kier molecular flexibility index (Phi) is 5.63. The number of benzene rings is 1. The molecule has 2 heterocycles. The van der Waals surface area contributed by atoms with E-state index in [9.17, 15) is 4.79 Å². The number of aryl methyl sites for hydroxylation is 3. The maximum absolute atomic E-state index is 12.5. The van der Waals surface area contributed by atoms with Crippen LogP contribution in [0.5, 0.6) is 5.75 Å². The van der Waals surface area contributed by atoms with Crippen LogP contribution >= 0.6 is 11.3 Å². The van der Waals surface area contributed by atoms with E-state index in [2.05, 4.69) is 21.4 Å². The molecule has 0 unspecified atom stereocenters. The number of rotatable bonds is 6. The maximum Gasteiger partial charge on any atom is 0.263 e. The molecule has 2 aromatic heterocycles. The molecule has 6 heteroatoms. The average Bonchev–Trinajstić information content (AvgIpc) is 3.00. The molecule has 0 saturated carbocycles. The summed E-state index contributed by atoms with van der Waals surface area (Å²) in [5, 5.41) is 3.72. The minimum Gasteiger partial charge on any atom is -0.485 e. The molecule has 134 valence electrons.